The van der Waals surface area contributed by atoms with Crippen LogP contribution in [0.15, 0.2) is 46.2 Å². The molecule has 11 heteroatoms. The molecular formula is C18H20Cl3NO6S. The number of aliphatic hydroxyl groups is 2. The molecule has 0 aliphatic carbocycles. The topological polar surface area (TPSA) is 119 Å². The number of nitrogens with two attached hydrogens (primary N) is 1. The van der Waals surface area contributed by atoms with Gasteiger partial charge in [0.15, 0.2) is 5.75 Å². The van der Waals surface area contributed by atoms with E-state index in [1.54, 1.807) is 0 Å². The van der Waals surface area contributed by atoms with Gasteiger partial charge in [-0.25, -0.2) is 8.42 Å². The minimum absolute atomic E-state index is 0.00240. The lowest BCUT2D eigenvalue weighted by molar-refractivity contribution is 0.114. The molecule has 0 amide bonds. The fourth-order valence-corrected chi connectivity index (χ4v) is 4.29. The number of alkyl halides is 1. The number of benzene rings is 2. The SMILES string of the molecule is NC[C@H](O)COc1ccc(S(=O)(=O)c2cc(Cl)c(OC[C@@H](O)CCl)c(Cl)c2)cc1. The van der Waals surface area contributed by atoms with Crippen molar-refractivity contribution in [2.75, 3.05) is 25.6 Å². The highest BCUT2D eigenvalue weighted by Gasteiger charge is 2.22. The van der Waals surface area contributed by atoms with Crippen molar-refractivity contribution in [3.63, 3.8) is 0 Å². The zero-order valence-corrected chi connectivity index (χ0v) is 18.2. The van der Waals surface area contributed by atoms with Crippen molar-refractivity contribution in [3.05, 3.63) is 46.4 Å². The van der Waals surface area contributed by atoms with Crippen LogP contribution >= 0.6 is 34.8 Å². The van der Waals surface area contributed by atoms with Crippen LogP contribution in [0.25, 0.3) is 0 Å². The van der Waals surface area contributed by atoms with E-state index in [1.165, 1.54) is 36.4 Å². The number of ether oxygens (including phenoxy) is 2. The first kappa shape index (κ1) is 24.0. The third-order valence-electron chi connectivity index (χ3n) is 3.73. The van der Waals surface area contributed by atoms with Crippen LogP contribution in [0.4, 0.5) is 0 Å². The molecule has 0 heterocycles. The Hall–Kier alpha value is -1.26. The first-order chi connectivity index (χ1) is 13.7. The van der Waals surface area contributed by atoms with Gasteiger partial charge in [-0.3, -0.25) is 0 Å². The summed E-state index contributed by atoms with van der Waals surface area (Å²) in [6.45, 7) is -0.0957. The highest BCUT2D eigenvalue weighted by Crippen LogP contribution is 2.37. The highest BCUT2D eigenvalue weighted by molar-refractivity contribution is 7.91. The molecule has 0 aliphatic heterocycles. The van der Waals surface area contributed by atoms with Gasteiger partial charge in [-0.2, -0.15) is 0 Å². The number of rotatable bonds is 10. The van der Waals surface area contributed by atoms with Crippen LogP contribution in [-0.2, 0) is 9.84 Å². The smallest absolute Gasteiger partial charge is 0.206 e. The molecule has 4 N–H and O–H groups in total. The lowest BCUT2D eigenvalue weighted by atomic mass is 10.3. The summed E-state index contributed by atoms with van der Waals surface area (Å²) in [7, 11) is -3.91. The number of hydrogen-bond acceptors (Lipinski definition) is 7. The molecule has 29 heavy (non-hydrogen) atoms. The third kappa shape index (κ3) is 6.36. The maximum absolute atomic E-state index is 12.9. The average molecular weight is 485 g/mol. The third-order valence-corrected chi connectivity index (χ3v) is 6.40. The van der Waals surface area contributed by atoms with Crippen LogP contribution in [0, 0.1) is 0 Å². The second-order valence-corrected chi connectivity index (χ2v) is 9.08. The minimum atomic E-state index is -3.91. The van der Waals surface area contributed by atoms with Gasteiger partial charge in [0.2, 0.25) is 9.84 Å². The summed E-state index contributed by atoms with van der Waals surface area (Å²) >= 11 is 17.7. The van der Waals surface area contributed by atoms with E-state index in [4.69, 9.17) is 50.0 Å². The summed E-state index contributed by atoms with van der Waals surface area (Å²) in [5.41, 5.74) is 5.30. The second kappa shape index (κ2) is 10.7. The molecule has 0 unspecified atom stereocenters. The molecule has 0 saturated carbocycles. The van der Waals surface area contributed by atoms with Gasteiger partial charge in [-0.05, 0) is 36.4 Å². The Morgan fingerprint density at radius 3 is 2.00 bits per heavy atom. The lowest BCUT2D eigenvalue weighted by Gasteiger charge is -2.14. The summed E-state index contributed by atoms with van der Waals surface area (Å²) in [6.07, 6.45) is -1.73. The first-order valence-electron chi connectivity index (χ1n) is 8.41. The normalized spacial score (nSPS) is 13.7. The fourth-order valence-electron chi connectivity index (χ4n) is 2.17. The van der Waals surface area contributed by atoms with Gasteiger partial charge in [0.05, 0.1) is 25.7 Å². The Kier molecular flexibility index (Phi) is 8.84. The molecule has 2 rings (SSSR count). The molecule has 0 fully saturated rings. The Morgan fingerprint density at radius 1 is 0.931 bits per heavy atom. The molecular weight excluding hydrogens is 465 g/mol. The predicted molar refractivity (Wildman–Crippen MR) is 111 cm³/mol. The summed E-state index contributed by atoms with van der Waals surface area (Å²) < 4.78 is 36.4. The van der Waals surface area contributed by atoms with Gasteiger partial charge in [-0.15, -0.1) is 11.6 Å². The largest absolute Gasteiger partial charge is 0.491 e. The van der Waals surface area contributed by atoms with Crippen LogP contribution in [0.2, 0.25) is 10.0 Å². The van der Waals surface area contributed by atoms with Crippen LogP contribution in [0.3, 0.4) is 0 Å². The van der Waals surface area contributed by atoms with Crippen molar-refractivity contribution in [1.82, 2.24) is 0 Å². The number of aliphatic hydroxyl groups excluding tert-OH is 2. The van der Waals surface area contributed by atoms with E-state index in [2.05, 4.69) is 0 Å². The van der Waals surface area contributed by atoms with E-state index in [1.807, 2.05) is 0 Å². The highest BCUT2D eigenvalue weighted by atomic mass is 35.5. The Bertz CT molecular complexity index is 901. The zero-order chi connectivity index (χ0) is 21.6. The zero-order valence-electron chi connectivity index (χ0n) is 15.1. The quantitative estimate of drug-likeness (QED) is 0.443. The lowest BCUT2D eigenvalue weighted by Crippen LogP contribution is -2.26. The van der Waals surface area contributed by atoms with Crippen LogP contribution in [0.5, 0.6) is 11.5 Å². The maximum atomic E-state index is 12.9. The van der Waals surface area contributed by atoms with Crippen molar-refractivity contribution in [2.24, 2.45) is 5.73 Å². The molecule has 0 saturated heterocycles. The molecule has 0 spiro atoms. The van der Waals surface area contributed by atoms with Gasteiger partial charge >= 0.3 is 0 Å². The monoisotopic (exact) mass is 483 g/mol. The van der Waals surface area contributed by atoms with Crippen LogP contribution in [-0.4, -0.2) is 56.5 Å². The molecule has 2 aromatic rings. The Morgan fingerprint density at radius 2 is 1.48 bits per heavy atom. The predicted octanol–water partition coefficient (Wildman–Crippen LogP) is 2.50. The minimum Gasteiger partial charge on any atom is -0.491 e. The van der Waals surface area contributed by atoms with E-state index < -0.39 is 22.0 Å². The summed E-state index contributed by atoms with van der Waals surface area (Å²) in [4.78, 5) is -0.118. The van der Waals surface area contributed by atoms with Crippen molar-refractivity contribution in [2.45, 2.75) is 22.0 Å². The molecule has 7 nitrogen and oxygen atoms in total. The average Bonchev–Trinajstić information content (AvgIpc) is 2.71. The molecule has 0 aromatic heterocycles. The molecule has 0 aliphatic rings. The summed E-state index contributed by atoms with van der Waals surface area (Å²) in [5.74, 6) is 0.403. The van der Waals surface area contributed by atoms with Gasteiger partial charge in [-0.1, -0.05) is 23.2 Å². The molecule has 0 radical (unpaired) electrons. The van der Waals surface area contributed by atoms with E-state index in [9.17, 15) is 18.6 Å². The number of halogens is 3. The van der Waals surface area contributed by atoms with Gasteiger partial charge < -0.3 is 25.4 Å². The van der Waals surface area contributed by atoms with Crippen LogP contribution < -0.4 is 15.2 Å². The standard InChI is InChI=1S/C18H20Cl3NO6S/c19-7-11(23)9-28-18-16(20)5-15(6-17(18)21)29(25,26)14-3-1-13(2-4-14)27-10-12(24)8-22/h1-6,11-12,23-24H,7-10,22H2/t11-,12-/m0/s1. The summed E-state index contributed by atoms with van der Waals surface area (Å²) in [6, 6.07) is 8.08. The Balaban J connectivity index is 2.22. The molecule has 0 bridgehead atoms. The van der Waals surface area contributed by atoms with Gasteiger partial charge in [0.25, 0.3) is 0 Å². The summed E-state index contributed by atoms with van der Waals surface area (Å²) in [5, 5.41) is 18.8. The van der Waals surface area contributed by atoms with Crippen molar-refractivity contribution in [3.8, 4) is 11.5 Å². The number of sulfone groups is 1. The first-order valence-corrected chi connectivity index (χ1v) is 11.2. The van der Waals surface area contributed by atoms with E-state index in [-0.39, 0.29) is 51.2 Å². The van der Waals surface area contributed by atoms with Gasteiger partial charge in [0.1, 0.15) is 31.2 Å². The van der Waals surface area contributed by atoms with E-state index in [0.29, 0.717) is 5.75 Å². The van der Waals surface area contributed by atoms with E-state index >= 15 is 0 Å². The molecule has 160 valence electrons. The molecule has 2 aromatic carbocycles. The molecule has 2 atom stereocenters. The number of hydrogen-bond donors (Lipinski definition) is 3. The van der Waals surface area contributed by atoms with Crippen molar-refractivity contribution in [1.29, 1.82) is 0 Å². The van der Waals surface area contributed by atoms with Crippen molar-refractivity contribution >= 4 is 44.6 Å². The maximum Gasteiger partial charge on any atom is 0.206 e. The Labute approximate surface area is 183 Å². The second-order valence-electron chi connectivity index (χ2n) is 6.01. The van der Waals surface area contributed by atoms with Gasteiger partial charge in [0, 0.05) is 6.54 Å². The van der Waals surface area contributed by atoms with E-state index in [0.717, 1.165) is 0 Å². The van der Waals surface area contributed by atoms with Crippen LogP contribution in [0.1, 0.15) is 0 Å². The fraction of sp³-hybridized carbons (Fsp3) is 0.333. The van der Waals surface area contributed by atoms with Crippen molar-refractivity contribution < 1.29 is 28.1 Å².